The lowest BCUT2D eigenvalue weighted by molar-refractivity contribution is -0.139. The van der Waals surface area contributed by atoms with E-state index in [1.807, 2.05) is 20.8 Å². The second-order valence-electron chi connectivity index (χ2n) is 7.68. The number of halogens is 3. The summed E-state index contributed by atoms with van der Waals surface area (Å²) in [7, 11) is 1.15. The van der Waals surface area contributed by atoms with Crippen molar-refractivity contribution in [1.82, 2.24) is 5.32 Å². The Morgan fingerprint density at radius 3 is 2.21 bits per heavy atom. The normalized spacial score (nSPS) is 15.0. The molecule has 2 N–H and O–H groups in total. The standard InChI is InChI=1S/C15H19F3N2O2.C5H10O2/c1-9-12(14(21)22-2)7-10(15(16,17)18)8-13(9)20-11-3-5-19-6-4-11;1-5(2,3)7-4-6/h7-8,11,19-20H,3-6H2,1-2H3;4H,1-3H3. The Kier molecular flexibility index (Phi) is 8.94. The molecular formula is C20H29F3N2O4. The number of hydrogen-bond donors (Lipinski definition) is 2. The van der Waals surface area contributed by atoms with Gasteiger partial charge >= 0.3 is 12.1 Å². The number of alkyl halides is 3. The Bertz CT molecular complexity index is 694. The Morgan fingerprint density at radius 2 is 1.79 bits per heavy atom. The van der Waals surface area contributed by atoms with Crippen LogP contribution in [0.3, 0.4) is 0 Å². The monoisotopic (exact) mass is 418 g/mol. The quantitative estimate of drug-likeness (QED) is 0.570. The lowest BCUT2D eigenvalue weighted by Gasteiger charge is -2.26. The van der Waals surface area contributed by atoms with E-state index in [2.05, 4.69) is 20.1 Å². The summed E-state index contributed by atoms with van der Waals surface area (Å²) >= 11 is 0. The van der Waals surface area contributed by atoms with E-state index >= 15 is 0 Å². The molecule has 0 amide bonds. The average Bonchev–Trinajstić information content (AvgIpc) is 2.62. The molecule has 1 aliphatic rings. The fourth-order valence-electron chi connectivity index (χ4n) is 2.68. The first-order valence-corrected chi connectivity index (χ1v) is 9.28. The number of nitrogens with one attached hydrogen (secondary N) is 2. The van der Waals surface area contributed by atoms with Crippen molar-refractivity contribution in [1.29, 1.82) is 0 Å². The minimum atomic E-state index is -4.51. The van der Waals surface area contributed by atoms with Crippen LogP contribution in [0.5, 0.6) is 0 Å². The Balaban J connectivity index is 0.000000516. The van der Waals surface area contributed by atoms with Crippen LogP contribution < -0.4 is 10.6 Å². The zero-order chi connectivity index (χ0) is 22.2. The van der Waals surface area contributed by atoms with Crippen molar-refractivity contribution in [3.05, 3.63) is 28.8 Å². The molecule has 0 atom stereocenters. The van der Waals surface area contributed by atoms with Gasteiger partial charge in [0.25, 0.3) is 6.47 Å². The van der Waals surface area contributed by atoms with Gasteiger partial charge in [0.2, 0.25) is 0 Å². The molecule has 1 saturated heterocycles. The fraction of sp³-hybridized carbons (Fsp3) is 0.600. The van der Waals surface area contributed by atoms with Crippen LogP contribution in [0.1, 0.15) is 55.1 Å². The molecule has 0 aromatic heterocycles. The number of benzene rings is 1. The van der Waals surface area contributed by atoms with Gasteiger partial charge in [-0.05, 0) is 71.3 Å². The molecule has 2 rings (SSSR count). The molecule has 1 aromatic carbocycles. The summed E-state index contributed by atoms with van der Waals surface area (Å²) in [5.41, 5.74) is -0.425. The van der Waals surface area contributed by atoms with E-state index in [1.54, 1.807) is 6.92 Å². The first-order valence-electron chi connectivity index (χ1n) is 9.28. The number of carbonyl (C=O) groups is 2. The SMILES string of the molecule is CC(C)(C)OC=O.COC(=O)c1cc(C(F)(F)F)cc(NC2CCNCC2)c1C. The topological polar surface area (TPSA) is 76.7 Å². The van der Waals surface area contributed by atoms with E-state index in [1.165, 1.54) is 0 Å². The number of hydrogen-bond acceptors (Lipinski definition) is 6. The van der Waals surface area contributed by atoms with Crippen LogP contribution >= 0.6 is 0 Å². The van der Waals surface area contributed by atoms with Gasteiger partial charge in [0, 0.05) is 11.7 Å². The lowest BCUT2D eigenvalue weighted by atomic mass is 10.00. The van der Waals surface area contributed by atoms with Crippen molar-refractivity contribution in [2.45, 2.75) is 58.4 Å². The number of anilines is 1. The first kappa shape index (κ1) is 24.7. The third-order valence-corrected chi connectivity index (χ3v) is 4.24. The van der Waals surface area contributed by atoms with Gasteiger partial charge < -0.3 is 20.1 Å². The summed E-state index contributed by atoms with van der Waals surface area (Å²) < 4.78 is 48.2. The highest BCUT2D eigenvalue weighted by molar-refractivity contribution is 5.93. The molecule has 0 bridgehead atoms. The number of carbonyl (C=O) groups excluding carboxylic acids is 2. The van der Waals surface area contributed by atoms with Crippen LogP contribution in [-0.4, -0.2) is 44.3 Å². The molecule has 0 saturated carbocycles. The van der Waals surface area contributed by atoms with E-state index in [0.717, 1.165) is 45.2 Å². The molecule has 1 aromatic rings. The molecule has 29 heavy (non-hydrogen) atoms. The largest absolute Gasteiger partial charge is 0.465 e. The molecule has 0 aliphatic carbocycles. The maximum Gasteiger partial charge on any atom is 0.416 e. The number of methoxy groups -OCH3 is 1. The Hall–Kier alpha value is -2.29. The molecule has 6 nitrogen and oxygen atoms in total. The predicted octanol–water partition coefficient (Wildman–Crippen LogP) is 3.92. The van der Waals surface area contributed by atoms with Crippen molar-refractivity contribution in [3.8, 4) is 0 Å². The molecular weight excluding hydrogens is 389 g/mol. The van der Waals surface area contributed by atoms with Crippen molar-refractivity contribution in [2.75, 3.05) is 25.5 Å². The van der Waals surface area contributed by atoms with Crippen LogP contribution in [0, 0.1) is 6.92 Å². The summed E-state index contributed by atoms with van der Waals surface area (Å²) in [6, 6.07) is 1.99. The predicted molar refractivity (Wildman–Crippen MR) is 104 cm³/mol. The third kappa shape index (κ3) is 8.31. The highest BCUT2D eigenvalue weighted by atomic mass is 19.4. The summed E-state index contributed by atoms with van der Waals surface area (Å²) in [5, 5.41) is 6.33. The van der Waals surface area contributed by atoms with Gasteiger partial charge in [-0.3, -0.25) is 4.79 Å². The molecule has 1 aliphatic heterocycles. The maximum atomic E-state index is 13.0. The smallest absolute Gasteiger partial charge is 0.416 e. The van der Waals surface area contributed by atoms with E-state index in [4.69, 9.17) is 0 Å². The van der Waals surface area contributed by atoms with Crippen LogP contribution in [0.4, 0.5) is 18.9 Å². The average molecular weight is 418 g/mol. The van der Waals surface area contributed by atoms with Gasteiger partial charge in [-0.2, -0.15) is 13.2 Å². The van der Waals surface area contributed by atoms with Crippen molar-refractivity contribution in [3.63, 3.8) is 0 Å². The highest BCUT2D eigenvalue weighted by Crippen LogP contribution is 2.34. The number of piperidine rings is 1. The summed E-state index contributed by atoms with van der Waals surface area (Å²) in [4.78, 5) is 21.3. The van der Waals surface area contributed by atoms with Gasteiger partial charge in [-0.1, -0.05) is 0 Å². The van der Waals surface area contributed by atoms with Crippen LogP contribution in [0.25, 0.3) is 0 Å². The van der Waals surface area contributed by atoms with Crippen molar-refractivity contribution in [2.24, 2.45) is 0 Å². The second-order valence-corrected chi connectivity index (χ2v) is 7.68. The van der Waals surface area contributed by atoms with Gasteiger partial charge in [0.15, 0.2) is 0 Å². The Labute approximate surface area is 169 Å². The fourth-order valence-corrected chi connectivity index (χ4v) is 2.68. The van der Waals surface area contributed by atoms with E-state index < -0.39 is 17.7 Å². The zero-order valence-corrected chi connectivity index (χ0v) is 17.4. The highest BCUT2D eigenvalue weighted by Gasteiger charge is 2.33. The first-order chi connectivity index (χ1) is 13.4. The molecule has 9 heteroatoms. The van der Waals surface area contributed by atoms with Gasteiger partial charge in [0.05, 0.1) is 18.2 Å². The number of ether oxygens (including phenoxy) is 2. The molecule has 164 valence electrons. The summed E-state index contributed by atoms with van der Waals surface area (Å²) in [6.45, 7) is 9.18. The van der Waals surface area contributed by atoms with E-state index in [-0.39, 0.29) is 17.2 Å². The third-order valence-electron chi connectivity index (χ3n) is 4.24. The minimum absolute atomic E-state index is 0.0613. The number of esters is 1. The summed E-state index contributed by atoms with van der Waals surface area (Å²) in [6.07, 6.45) is -2.87. The lowest BCUT2D eigenvalue weighted by Crippen LogP contribution is -2.35. The van der Waals surface area contributed by atoms with E-state index in [9.17, 15) is 22.8 Å². The van der Waals surface area contributed by atoms with Gasteiger partial charge in [0.1, 0.15) is 5.60 Å². The molecule has 1 fully saturated rings. The minimum Gasteiger partial charge on any atom is -0.465 e. The second kappa shape index (κ2) is 10.5. The van der Waals surface area contributed by atoms with Crippen LogP contribution in [0.2, 0.25) is 0 Å². The Morgan fingerprint density at radius 1 is 1.21 bits per heavy atom. The van der Waals surface area contributed by atoms with Crippen LogP contribution in [0.15, 0.2) is 12.1 Å². The van der Waals surface area contributed by atoms with Crippen molar-refractivity contribution >= 4 is 18.1 Å². The van der Waals surface area contributed by atoms with Gasteiger partial charge in [-0.25, -0.2) is 4.79 Å². The molecule has 1 heterocycles. The van der Waals surface area contributed by atoms with E-state index in [0.29, 0.717) is 17.7 Å². The summed E-state index contributed by atoms with van der Waals surface area (Å²) in [5.74, 6) is -0.767. The molecule has 0 unspecified atom stereocenters. The van der Waals surface area contributed by atoms with Crippen LogP contribution in [-0.2, 0) is 20.4 Å². The maximum absolute atomic E-state index is 13.0. The van der Waals surface area contributed by atoms with Crippen molar-refractivity contribution < 1.29 is 32.2 Å². The molecule has 0 spiro atoms. The molecule has 0 radical (unpaired) electrons. The number of rotatable bonds is 4. The zero-order valence-electron chi connectivity index (χ0n) is 17.4. The van der Waals surface area contributed by atoms with Gasteiger partial charge in [-0.15, -0.1) is 0 Å².